The molecule has 1 aliphatic rings. The Morgan fingerprint density at radius 2 is 2.14 bits per heavy atom. The molecule has 3 aromatic rings. The molecule has 1 aliphatic heterocycles. The van der Waals surface area contributed by atoms with Gasteiger partial charge in [0.25, 0.3) is 0 Å². The lowest BCUT2D eigenvalue weighted by Gasteiger charge is -2.19. The molecule has 1 amide bonds. The standard InChI is InChI=1S/C20H22N6O2/c1-12(2)10-14-11-28-20(27)26(14)17-8-9-21-19(25-17)22-13(3)18-23-15-6-4-5-7-16(15)24-18/h4-10,13-14H,11H2,1-3H3,(H,23,24)(H,21,22,25)/t13-,14-/m0/s1. The Labute approximate surface area is 162 Å². The maximum Gasteiger partial charge on any atom is 0.416 e. The molecule has 1 saturated heterocycles. The molecule has 0 aliphatic carbocycles. The summed E-state index contributed by atoms with van der Waals surface area (Å²) in [4.78, 5) is 30.4. The van der Waals surface area contributed by atoms with Crippen molar-refractivity contribution in [2.24, 2.45) is 0 Å². The molecule has 0 unspecified atom stereocenters. The molecule has 0 radical (unpaired) electrons. The van der Waals surface area contributed by atoms with E-state index in [1.54, 1.807) is 17.2 Å². The predicted octanol–water partition coefficient (Wildman–Crippen LogP) is 3.82. The number of rotatable bonds is 5. The van der Waals surface area contributed by atoms with Gasteiger partial charge in [0.2, 0.25) is 5.95 Å². The Morgan fingerprint density at radius 1 is 1.32 bits per heavy atom. The highest BCUT2D eigenvalue weighted by atomic mass is 16.6. The molecule has 8 nitrogen and oxygen atoms in total. The first-order valence-corrected chi connectivity index (χ1v) is 9.16. The van der Waals surface area contributed by atoms with Gasteiger partial charge in [0.15, 0.2) is 0 Å². The summed E-state index contributed by atoms with van der Waals surface area (Å²) in [5.41, 5.74) is 3.00. The van der Waals surface area contributed by atoms with E-state index in [2.05, 4.69) is 25.3 Å². The molecule has 144 valence electrons. The number of H-pyrrole nitrogens is 1. The number of carbonyl (C=O) groups is 1. The van der Waals surface area contributed by atoms with Crippen molar-refractivity contribution >= 4 is 28.9 Å². The number of hydrogen-bond acceptors (Lipinski definition) is 6. The van der Waals surface area contributed by atoms with Crippen LogP contribution in [0.4, 0.5) is 16.6 Å². The minimum absolute atomic E-state index is 0.137. The highest BCUT2D eigenvalue weighted by molar-refractivity contribution is 5.89. The monoisotopic (exact) mass is 378 g/mol. The van der Waals surface area contributed by atoms with Crippen LogP contribution >= 0.6 is 0 Å². The molecule has 3 heterocycles. The third-order valence-corrected chi connectivity index (χ3v) is 4.48. The predicted molar refractivity (Wildman–Crippen MR) is 107 cm³/mol. The minimum Gasteiger partial charge on any atom is -0.447 e. The van der Waals surface area contributed by atoms with Crippen LogP contribution in [-0.4, -0.2) is 38.7 Å². The molecule has 4 rings (SSSR count). The maximum atomic E-state index is 12.2. The van der Waals surface area contributed by atoms with Gasteiger partial charge in [-0.05, 0) is 39.0 Å². The van der Waals surface area contributed by atoms with E-state index in [4.69, 9.17) is 4.74 Å². The summed E-state index contributed by atoms with van der Waals surface area (Å²) in [7, 11) is 0. The minimum atomic E-state index is -0.405. The van der Waals surface area contributed by atoms with Gasteiger partial charge in [-0.1, -0.05) is 23.8 Å². The molecule has 0 spiro atoms. The number of aromatic nitrogens is 4. The lowest BCUT2D eigenvalue weighted by atomic mass is 10.2. The molecular formula is C20H22N6O2. The number of allylic oxidation sites excluding steroid dienone is 1. The van der Waals surface area contributed by atoms with E-state index in [9.17, 15) is 4.79 Å². The molecule has 2 aromatic heterocycles. The number of ether oxygens (including phenoxy) is 1. The van der Waals surface area contributed by atoms with Gasteiger partial charge in [-0.3, -0.25) is 4.90 Å². The Morgan fingerprint density at radius 3 is 2.93 bits per heavy atom. The second kappa shape index (κ2) is 7.30. The van der Waals surface area contributed by atoms with Crippen LogP contribution in [-0.2, 0) is 4.74 Å². The van der Waals surface area contributed by atoms with Gasteiger partial charge in [0.05, 0.1) is 23.1 Å². The zero-order valence-corrected chi connectivity index (χ0v) is 16.0. The smallest absolute Gasteiger partial charge is 0.416 e. The number of nitrogens with one attached hydrogen (secondary N) is 2. The third kappa shape index (κ3) is 3.53. The second-order valence-corrected chi connectivity index (χ2v) is 7.00. The van der Waals surface area contributed by atoms with E-state index in [-0.39, 0.29) is 12.1 Å². The van der Waals surface area contributed by atoms with Crippen molar-refractivity contribution in [1.29, 1.82) is 0 Å². The van der Waals surface area contributed by atoms with Crippen LogP contribution in [0.3, 0.4) is 0 Å². The number of carbonyl (C=O) groups excluding carboxylic acids is 1. The fraction of sp³-hybridized carbons (Fsp3) is 0.300. The average Bonchev–Trinajstić information content (AvgIpc) is 3.25. The topological polar surface area (TPSA) is 96.0 Å². The number of fused-ring (bicyclic) bond motifs is 1. The average molecular weight is 378 g/mol. The molecule has 28 heavy (non-hydrogen) atoms. The lowest BCUT2D eigenvalue weighted by Crippen LogP contribution is -2.33. The summed E-state index contributed by atoms with van der Waals surface area (Å²) in [6, 6.07) is 9.26. The molecule has 2 atom stereocenters. The summed E-state index contributed by atoms with van der Waals surface area (Å²) in [6.07, 6.45) is 3.22. The number of aromatic amines is 1. The molecule has 1 fully saturated rings. The van der Waals surface area contributed by atoms with E-state index >= 15 is 0 Å². The SMILES string of the molecule is CC(C)=C[C@H]1COC(=O)N1c1ccnc(N[C@@H](C)c2nc3ccccc3[nH]2)n1. The van der Waals surface area contributed by atoms with Crippen LogP contribution in [0.5, 0.6) is 0 Å². The fourth-order valence-corrected chi connectivity index (χ4v) is 3.20. The Hall–Kier alpha value is -3.42. The highest BCUT2D eigenvalue weighted by Gasteiger charge is 2.34. The van der Waals surface area contributed by atoms with Crippen LogP contribution < -0.4 is 10.2 Å². The van der Waals surface area contributed by atoms with Gasteiger partial charge in [-0.25, -0.2) is 14.8 Å². The van der Waals surface area contributed by atoms with Crippen molar-refractivity contribution in [1.82, 2.24) is 19.9 Å². The number of cyclic esters (lactones) is 1. The van der Waals surface area contributed by atoms with E-state index in [1.165, 1.54) is 0 Å². The van der Waals surface area contributed by atoms with Gasteiger partial charge in [-0.2, -0.15) is 4.98 Å². The van der Waals surface area contributed by atoms with Crippen molar-refractivity contribution in [3.05, 3.63) is 54.0 Å². The van der Waals surface area contributed by atoms with Gasteiger partial charge < -0.3 is 15.0 Å². The highest BCUT2D eigenvalue weighted by Crippen LogP contribution is 2.24. The normalized spacial score (nSPS) is 17.5. The Bertz CT molecular complexity index is 1010. The van der Waals surface area contributed by atoms with Crippen molar-refractivity contribution in [3.63, 3.8) is 0 Å². The van der Waals surface area contributed by atoms with E-state index in [0.717, 1.165) is 22.4 Å². The Balaban J connectivity index is 1.56. The number of para-hydroxylation sites is 2. The number of nitrogens with zero attached hydrogens (tertiary/aromatic N) is 4. The lowest BCUT2D eigenvalue weighted by molar-refractivity contribution is 0.179. The quantitative estimate of drug-likeness (QED) is 0.655. The summed E-state index contributed by atoms with van der Waals surface area (Å²) >= 11 is 0. The third-order valence-electron chi connectivity index (χ3n) is 4.48. The van der Waals surface area contributed by atoms with Crippen molar-refractivity contribution in [2.75, 3.05) is 16.8 Å². The first-order chi connectivity index (χ1) is 13.5. The number of imidazole rings is 1. The number of anilines is 2. The molecule has 0 bridgehead atoms. The van der Waals surface area contributed by atoms with Crippen molar-refractivity contribution in [2.45, 2.75) is 32.9 Å². The molecule has 8 heteroatoms. The van der Waals surface area contributed by atoms with Gasteiger partial charge in [0.1, 0.15) is 18.2 Å². The summed E-state index contributed by atoms with van der Waals surface area (Å²) in [6.45, 7) is 6.27. The van der Waals surface area contributed by atoms with E-state index in [0.29, 0.717) is 18.4 Å². The van der Waals surface area contributed by atoms with Crippen LogP contribution in [0.1, 0.15) is 32.6 Å². The fourth-order valence-electron chi connectivity index (χ4n) is 3.20. The first kappa shape index (κ1) is 18.0. The number of amides is 1. The van der Waals surface area contributed by atoms with Gasteiger partial charge >= 0.3 is 6.09 Å². The molecule has 2 N–H and O–H groups in total. The van der Waals surface area contributed by atoms with Gasteiger partial charge in [0, 0.05) is 6.20 Å². The molecule has 1 aromatic carbocycles. The largest absolute Gasteiger partial charge is 0.447 e. The number of hydrogen-bond donors (Lipinski definition) is 2. The second-order valence-electron chi connectivity index (χ2n) is 7.00. The molecular weight excluding hydrogens is 356 g/mol. The van der Waals surface area contributed by atoms with Crippen LogP contribution in [0, 0.1) is 0 Å². The Kier molecular flexibility index (Phi) is 4.68. The summed E-state index contributed by atoms with van der Waals surface area (Å²) in [5.74, 6) is 1.71. The zero-order chi connectivity index (χ0) is 19.7. The number of benzene rings is 1. The first-order valence-electron chi connectivity index (χ1n) is 9.16. The zero-order valence-electron chi connectivity index (χ0n) is 16.0. The van der Waals surface area contributed by atoms with E-state index in [1.807, 2.05) is 51.1 Å². The molecule has 0 saturated carbocycles. The summed E-state index contributed by atoms with van der Waals surface area (Å²) in [5, 5.41) is 3.24. The maximum absolute atomic E-state index is 12.2. The van der Waals surface area contributed by atoms with Crippen LogP contribution in [0.25, 0.3) is 11.0 Å². The van der Waals surface area contributed by atoms with Gasteiger partial charge in [-0.15, -0.1) is 0 Å². The van der Waals surface area contributed by atoms with E-state index < -0.39 is 6.09 Å². The van der Waals surface area contributed by atoms with Crippen LogP contribution in [0.15, 0.2) is 48.2 Å². The van der Waals surface area contributed by atoms with Crippen molar-refractivity contribution < 1.29 is 9.53 Å². The van der Waals surface area contributed by atoms with Crippen molar-refractivity contribution in [3.8, 4) is 0 Å². The van der Waals surface area contributed by atoms with Crippen LogP contribution in [0.2, 0.25) is 0 Å². The summed E-state index contributed by atoms with van der Waals surface area (Å²) < 4.78 is 5.20.